The number of ether oxygens (including phenoxy) is 1. The summed E-state index contributed by atoms with van der Waals surface area (Å²) in [6, 6.07) is 0. The second-order valence-electron chi connectivity index (χ2n) is 1.93. The first-order valence-corrected chi connectivity index (χ1v) is 3.02. The molecular formula is C6H5N4O+. The van der Waals surface area contributed by atoms with Crippen LogP contribution in [-0.4, -0.2) is 23.4 Å². The molecule has 0 saturated carbocycles. The van der Waals surface area contributed by atoms with E-state index in [0.29, 0.717) is 17.4 Å². The Kier molecular flexibility index (Phi) is 1.17. The van der Waals surface area contributed by atoms with Crippen molar-refractivity contribution in [1.82, 2.24) is 9.97 Å². The molecule has 0 spiro atoms. The van der Waals surface area contributed by atoms with Crippen molar-refractivity contribution in [2.75, 3.05) is 12.4 Å². The highest BCUT2D eigenvalue weighted by Gasteiger charge is 2.26. The molecular weight excluding hydrogens is 144 g/mol. The highest BCUT2D eigenvalue weighted by molar-refractivity contribution is 5.90. The molecule has 0 atom stereocenters. The fourth-order valence-corrected chi connectivity index (χ4v) is 0.841. The monoisotopic (exact) mass is 149 g/mol. The third-order valence-electron chi connectivity index (χ3n) is 1.32. The molecule has 0 saturated heterocycles. The minimum Gasteiger partial charge on any atom is -0.468 e. The second kappa shape index (κ2) is 2.14. The molecule has 0 fully saturated rings. The van der Waals surface area contributed by atoms with Gasteiger partial charge in [-0.2, -0.15) is 10.3 Å². The molecule has 1 aliphatic heterocycles. The number of anilines is 1. The summed E-state index contributed by atoms with van der Waals surface area (Å²) >= 11 is 0. The quantitative estimate of drug-likeness (QED) is 0.589. The molecule has 2 heterocycles. The molecule has 0 amide bonds. The molecule has 0 unspecified atom stereocenters. The first-order chi connectivity index (χ1) is 5.42. The number of nitrogens with one attached hydrogen (secondary N) is 1. The summed E-state index contributed by atoms with van der Waals surface area (Å²) in [7, 11) is 1.54. The maximum Gasteiger partial charge on any atom is 0.330 e. The van der Waals surface area contributed by atoms with E-state index in [-0.39, 0.29) is 0 Å². The standard InChI is InChI=1S/C6H5N4O/c1-11-6-4-5(8-2-7-4)9-3-10-6/h3H,1H3,(H,7,8,9,10)/q+1. The van der Waals surface area contributed by atoms with Gasteiger partial charge < -0.3 is 4.74 Å². The lowest BCUT2D eigenvalue weighted by Gasteiger charge is -1.92. The van der Waals surface area contributed by atoms with Gasteiger partial charge in [0, 0.05) is 0 Å². The fourth-order valence-electron chi connectivity index (χ4n) is 0.841. The van der Waals surface area contributed by atoms with Gasteiger partial charge in [0.1, 0.15) is 6.33 Å². The smallest absolute Gasteiger partial charge is 0.330 e. The average Bonchev–Trinajstić information content (AvgIpc) is 2.50. The topological polar surface area (TPSA) is 59.4 Å². The van der Waals surface area contributed by atoms with Crippen LogP contribution in [0.2, 0.25) is 0 Å². The average molecular weight is 149 g/mol. The van der Waals surface area contributed by atoms with Crippen LogP contribution < -0.4 is 10.1 Å². The van der Waals surface area contributed by atoms with Gasteiger partial charge in [-0.25, -0.2) is 0 Å². The highest BCUT2D eigenvalue weighted by Crippen LogP contribution is 2.33. The molecule has 1 aromatic rings. The molecule has 11 heavy (non-hydrogen) atoms. The molecule has 0 radical (unpaired) electrons. The third kappa shape index (κ3) is 0.789. The fraction of sp³-hybridized carbons (Fsp3) is 0.167. The van der Waals surface area contributed by atoms with Crippen LogP contribution >= 0.6 is 0 Å². The molecule has 5 nitrogen and oxygen atoms in total. The summed E-state index contributed by atoms with van der Waals surface area (Å²) in [5, 5.41) is 2.73. The Morgan fingerprint density at radius 3 is 3.27 bits per heavy atom. The molecule has 2 rings (SSSR count). The molecule has 0 aliphatic carbocycles. The van der Waals surface area contributed by atoms with Crippen LogP contribution in [0.4, 0.5) is 11.5 Å². The molecule has 0 aromatic carbocycles. The predicted octanol–water partition coefficient (Wildman–Crippen LogP) is 0.447. The van der Waals surface area contributed by atoms with E-state index in [2.05, 4.69) is 26.6 Å². The number of rotatable bonds is 1. The van der Waals surface area contributed by atoms with Crippen LogP contribution in [0, 0.1) is 0 Å². The van der Waals surface area contributed by atoms with E-state index in [9.17, 15) is 0 Å². The van der Waals surface area contributed by atoms with Crippen LogP contribution in [-0.2, 0) is 0 Å². The Morgan fingerprint density at radius 2 is 2.45 bits per heavy atom. The van der Waals surface area contributed by atoms with Crippen molar-refractivity contribution in [2.24, 2.45) is 4.99 Å². The van der Waals surface area contributed by atoms with Crippen LogP contribution in [0.3, 0.4) is 0 Å². The van der Waals surface area contributed by atoms with Gasteiger partial charge in [0.25, 0.3) is 6.34 Å². The van der Waals surface area contributed by atoms with Crippen molar-refractivity contribution >= 4 is 17.8 Å². The zero-order chi connectivity index (χ0) is 7.68. The largest absolute Gasteiger partial charge is 0.468 e. The number of hydrogen-bond acceptors (Lipinski definition) is 5. The highest BCUT2D eigenvalue weighted by atomic mass is 16.5. The minimum absolute atomic E-state index is 0.465. The Morgan fingerprint density at radius 1 is 1.55 bits per heavy atom. The van der Waals surface area contributed by atoms with Gasteiger partial charge >= 0.3 is 17.4 Å². The lowest BCUT2D eigenvalue weighted by molar-refractivity contribution is 0.399. The maximum absolute atomic E-state index is 4.93. The lowest BCUT2D eigenvalue weighted by atomic mass is 10.5. The van der Waals surface area contributed by atoms with Crippen molar-refractivity contribution in [3.05, 3.63) is 6.33 Å². The van der Waals surface area contributed by atoms with Crippen molar-refractivity contribution in [1.29, 1.82) is 0 Å². The van der Waals surface area contributed by atoms with Gasteiger partial charge in [0.2, 0.25) is 0 Å². The van der Waals surface area contributed by atoms with Crippen molar-refractivity contribution in [3.8, 4) is 5.88 Å². The predicted molar refractivity (Wildman–Crippen MR) is 39.3 cm³/mol. The van der Waals surface area contributed by atoms with E-state index in [0.717, 1.165) is 0 Å². The number of nitrogens with zero attached hydrogens (tertiary/aromatic N) is 3. The number of aromatic nitrogens is 2. The molecule has 0 bridgehead atoms. The van der Waals surface area contributed by atoms with Crippen LogP contribution in [0.5, 0.6) is 5.88 Å². The van der Waals surface area contributed by atoms with Gasteiger partial charge in [0.05, 0.1) is 7.11 Å². The summed E-state index contributed by atoms with van der Waals surface area (Å²) < 4.78 is 4.93. The summed E-state index contributed by atoms with van der Waals surface area (Å²) in [6.45, 7) is 0. The van der Waals surface area contributed by atoms with E-state index in [4.69, 9.17) is 4.74 Å². The van der Waals surface area contributed by atoms with E-state index in [1.54, 1.807) is 0 Å². The molecule has 1 N–H and O–H groups in total. The van der Waals surface area contributed by atoms with Gasteiger partial charge in [0.15, 0.2) is 0 Å². The van der Waals surface area contributed by atoms with Crippen molar-refractivity contribution < 1.29 is 4.74 Å². The summed E-state index contributed by atoms with van der Waals surface area (Å²) in [6.07, 6.45) is 3.96. The SMILES string of the molecule is COc1ncnc2c1N=[C+]N2. The summed E-state index contributed by atoms with van der Waals surface area (Å²) in [5.74, 6) is 1.10. The van der Waals surface area contributed by atoms with Crippen LogP contribution in [0.25, 0.3) is 0 Å². The first-order valence-electron chi connectivity index (χ1n) is 3.02. The van der Waals surface area contributed by atoms with E-state index in [1.807, 2.05) is 0 Å². The first kappa shape index (κ1) is 6.00. The zero-order valence-corrected chi connectivity index (χ0v) is 5.83. The van der Waals surface area contributed by atoms with E-state index < -0.39 is 0 Å². The summed E-state index contributed by atoms with van der Waals surface area (Å²) in [4.78, 5) is 11.6. The number of aliphatic imine (C=N–C) groups is 1. The normalized spacial score (nSPS) is 11.7. The Labute approximate surface area is 63.2 Å². The Hall–Kier alpha value is -1.74. The number of fused-ring (bicyclic) bond motifs is 1. The van der Waals surface area contributed by atoms with Crippen molar-refractivity contribution in [3.63, 3.8) is 0 Å². The molecule has 1 aliphatic rings. The van der Waals surface area contributed by atoms with Gasteiger partial charge in [-0.15, -0.1) is 4.98 Å². The molecule has 1 aromatic heterocycles. The maximum atomic E-state index is 4.93. The van der Waals surface area contributed by atoms with Crippen LogP contribution in [0.15, 0.2) is 11.3 Å². The van der Waals surface area contributed by atoms with E-state index in [1.165, 1.54) is 13.4 Å². The lowest BCUT2D eigenvalue weighted by Crippen LogP contribution is -1.93. The van der Waals surface area contributed by atoms with E-state index >= 15 is 0 Å². The van der Waals surface area contributed by atoms with Crippen molar-refractivity contribution in [2.45, 2.75) is 0 Å². The zero-order valence-electron chi connectivity index (χ0n) is 5.83. The van der Waals surface area contributed by atoms with Gasteiger partial charge in [-0.1, -0.05) is 0 Å². The Bertz CT molecular complexity index is 309. The number of methoxy groups -OCH3 is 1. The molecule has 54 valence electrons. The van der Waals surface area contributed by atoms with Crippen LogP contribution in [0.1, 0.15) is 0 Å². The van der Waals surface area contributed by atoms with Gasteiger partial charge in [-0.05, 0) is 4.99 Å². The minimum atomic E-state index is 0.465. The Balaban J connectivity index is 2.57. The second-order valence-corrected chi connectivity index (χ2v) is 1.93. The molecule has 5 heteroatoms. The van der Waals surface area contributed by atoms with Gasteiger partial charge in [-0.3, -0.25) is 0 Å². The summed E-state index contributed by atoms with van der Waals surface area (Å²) in [5.41, 5.74) is 0.606. The third-order valence-corrected chi connectivity index (χ3v) is 1.32. The number of hydrogen-bond donors (Lipinski definition) is 1.